The molecule has 0 aliphatic carbocycles. The van der Waals surface area contributed by atoms with E-state index in [0.29, 0.717) is 22.8 Å². The van der Waals surface area contributed by atoms with Crippen LogP contribution in [0.1, 0.15) is 10.5 Å². The lowest BCUT2D eigenvalue weighted by atomic mass is 10.2. The van der Waals surface area contributed by atoms with Crippen molar-refractivity contribution in [2.75, 3.05) is 7.11 Å². The van der Waals surface area contributed by atoms with E-state index < -0.39 is 5.97 Å². The van der Waals surface area contributed by atoms with Gasteiger partial charge < -0.3 is 9.84 Å². The summed E-state index contributed by atoms with van der Waals surface area (Å²) in [5.74, 6) is -0.608. The van der Waals surface area contributed by atoms with E-state index in [0.717, 1.165) is 0 Å². The number of methoxy groups -OCH3 is 1. The van der Waals surface area contributed by atoms with E-state index in [1.54, 1.807) is 36.5 Å². The summed E-state index contributed by atoms with van der Waals surface area (Å²) in [5, 5.41) is 17.1. The molecule has 7 nitrogen and oxygen atoms in total. The number of rotatable bonds is 4. The lowest BCUT2D eigenvalue weighted by Crippen LogP contribution is -2.05. The molecule has 0 bridgehead atoms. The number of benzene rings is 1. The number of hydrogen-bond donors (Lipinski definition) is 1. The molecule has 0 fully saturated rings. The minimum atomic E-state index is -1.16. The van der Waals surface area contributed by atoms with Gasteiger partial charge in [-0.1, -0.05) is 23.4 Å². The highest BCUT2D eigenvalue weighted by molar-refractivity contribution is 5.92. The van der Waals surface area contributed by atoms with Gasteiger partial charge in [0.1, 0.15) is 17.1 Å². The van der Waals surface area contributed by atoms with Gasteiger partial charge in [-0.15, -0.1) is 5.10 Å². The molecular formula is C15H12N4O3. The molecule has 0 atom stereocenters. The first-order valence-corrected chi connectivity index (χ1v) is 6.46. The van der Waals surface area contributed by atoms with Crippen LogP contribution in [0.15, 0.2) is 48.7 Å². The second-order valence-corrected chi connectivity index (χ2v) is 4.39. The van der Waals surface area contributed by atoms with Crippen molar-refractivity contribution in [3.05, 3.63) is 54.4 Å². The van der Waals surface area contributed by atoms with Crippen LogP contribution >= 0.6 is 0 Å². The fraction of sp³-hybridized carbons (Fsp3) is 0.0667. The number of carbonyl (C=O) groups is 1. The molecule has 0 radical (unpaired) electrons. The molecule has 3 aromatic rings. The monoisotopic (exact) mass is 296 g/mol. The van der Waals surface area contributed by atoms with Crippen molar-refractivity contribution in [2.45, 2.75) is 0 Å². The van der Waals surface area contributed by atoms with Gasteiger partial charge in [0.15, 0.2) is 5.69 Å². The molecule has 110 valence electrons. The minimum Gasteiger partial charge on any atom is -0.494 e. The van der Waals surface area contributed by atoms with Crippen molar-refractivity contribution in [1.29, 1.82) is 0 Å². The summed E-state index contributed by atoms with van der Waals surface area (Å²) in [6.07, 6.45) is 1.58. The van der Waals surface area contributed by atoms with Gasteiger partial charge in [-0.05, 0) is 24.3 Å². The van der Waals surface area contributed by atoms with E-state index in [-0.39, 0.29) is 5.69 Å². The maximum absolute atomic E-state index is 11.4. The smallest absolute Gasteiger partial charge is 0.358 e. The summed E-state index contributed by atoms with van der Waals surface area (Å²) in [6, 6.07) is 12.4. The van der Waals surface area contributed by atoms with Crippen LogP contribution < -0.4 is 4.74 Å². The van der Waals surface area contributed by atoms with Crippen LogP contribution in [0.5, 0.6) is 5.75 Å². The van der Waals surface area contributed by atoms with Crippen molar-refractivity contribution < 1.29 is 14.6 Å². The third kappa shape index (κ3) is 2.28. The van der Waals surface area contributed by atoms with Crippen LogP contribution in [0.2, 0.25) is 0 Å². The Balaban J connectivity index is 2.28. The zero-order valence-corrected chi connectivity index (χ0v) is 11.7. The summed E-state index contributed by atoms with van der Waals surface area (Å²) in [7, 11) is 1.54. The third-order valence-corrected chi connectivity index (χ3v) is 3.09. The topological polar surface area (TPSA) is 90.1 Å². The molecule has 2 aromatic heterocycles. The summed E-state index contributed by atoms with van der Waals surface area (Å²) < 4.78 is 6.73. The largest absolute Gasteiger partial charge is 0.494 e. The van der Waals surface area contributed by atoms with Crippen molar-refractivity contribution >= 4 is 5.97 Å². The standard InChI is InChI=1S/C15H12N4O3/c1-22-12-8-3-2-7-11(12)19-14(10-6-4-5-9-16-10)13(15(20)21)17-18-19/h2-9H,1H3,(H,20,21). The molecule has 3 rings (SSSR count). The molecule has 0 saturated heterocycles. The summed E-state index contributed by atoms with van der Waals surface area (Å²) >= 11 is 0. The van der Waals surface area contributed by atoms with E-state index in [1.807, 2.05) is 12.1 Å². The fourth-order valence-electron chi connectivity index (χ4n) is 2.13. The van der Waals surface area contributed by atoms with Crippen molar-refractivity contribution in [2.24, 2.45) is 0 Å². The van der Waals surface area contributed by atoms with E-state index in [1.165, 1.54) is 11.8 Å². The Hall–Kier alpha value is -3.22. The van der Waals surface area contributed by atoms with Gasteiger partial charge in [0.2, 0.25) is 0 Å². The number of ether oxygens (including phenoxy) is 1. The number of nitrogens with zero attached hydrogens (tertiary/aromatic N) is 4. The molecule has 1 N–H and O–H groups in total. The van der Waals surface area contributed by atoms with Gasteiger partial charge in [-0.25, -0.2) is 9.48 Å². The van der Waals surface area contributed by atoms with Gasteiger partial charge in [-0.2, -0.15) is 0 Å². The van der Waals surface area contributed by atoms with Gasteiger partial charge >= 0.3 is 5.97 Å². The lowest BCUT2D eigenvalue weighted by molar-refractivity contribution is 0.0691. The molecule has 22 heavy (non-hydrogen) atoms. The number of para-hydroxylation sites is 2. The molecule has 0 unspecified atom stereocenters. The first-order valence-electron chi connectivity index (χ1n) is 6.46. The average molecular weight is 296 g/mol. The Morgan fingerprint density at radius 3 is 2.64 bits per heavy atom. The third-order valence-electron chi connectivity index (χ3n) is 3.09. The fourth-order valence-corrected chi connectivity index (χ4v) is 2.13. The van der Waals surface area contributed by atoms with Crippen molar-refractivity contribution in [3.63, 3.8) is 0 Å². The van der Waals surface area contributed by atoms with Crippen molar-refractivity contribution in [3.8, 4) is 22.8 Å². The SMILES string of the molecule is COc1ccccc1-n1nnc(C(=O)O)c1-c1ccccn1. The summed E-state index contributed by atoms with van der Waals surface area (Å²) in [6.45, 7) is 0. The summed E-state index contributed by atoms with van der Waals surface area (Å²) in [4.78, 5) is 15.6. The van der Waals surface area contributed by atoms with Crippen LogP contribution in [0, 0.1) is 0 Å². The van der Waals surface area contributed by atoms with Crippen LogP contribution in [0.3, 0.4) is 0 Å². The first kappa shape index (κ1) is 13.7. The highest BCUT2D eigenvalue weighted by Crippen LogP contribution is 2.28. The number of aromatic carboxylic acids is 1. The normalized spacial score (nSPS) is 10.4. The van der Waals surface area contributed by atoms with E-state index in [9.17, 15) is 9.90 Å². The number of hydrogen-bond acceptors (Lipinski definition) is 5. The molecule has 7 heteroatoms. The second kappa shape index (κ2) is 5.65. The molecular weight excluding hydrogens is 284 g/mol. The summed E-state index contributed by atoms with van der Waals surface area (Å²) in [5.41, 5.74) is 1.20. The quantitative estimate of drug-likeness (QED) is 0.792. The highest BCUT2D eigenvalue weighted by Gasteiger charge is 2.23. The van der Waals surface area contributed by atoms with Crippen LogP contribution in [0.4, 0.5) is 0 Å². The maximum atomic E-state index is 11.4. The van der Waals surface area contributed by atoms with Gasteiger partial charge in [0.25, 0.3) is 0 Å². The predicted molar refractivity (Wildman–Crippen MR) is 78.1 cm³/mol. The van der Waals surface area contributed by atoms with E-state index in [4.69, 9.17) is 4.74 Å². The molecule has 0 aliphatic heterocycles. The highest BCUT2D eigenvalue weighted by atomic mass is 16.5. The minimum absolute atomic E-state index is 0.162. The van der Waals surface area contributed by atoms with Gasteiger partial charge in [-0.3, -0.25) is 4.98 Å². The molecule has 0 aliphatic rings. The number of carboxylic acid groups (broad SMARTS) is 1. The van der Waals surface area contributed by atoms with Gasteiger partial charge in [0.05, 0.1) is 12.8 Å². The zero-order valence-electron chi connectivity index (χ0n) is 11.7. The number of pyridine rings is 1. The molecule has 0 amide bonds. The Bertz CT molecular complexity index is 815. The van der Waals surface area contributed by atoms with Crippen LogP contribution in [-0.4, -0.2) is 38.2 Å². The van der Waals surface area contributed by atoms with Gasteiger partial charge in [0, 0.05) is 6.20 Å². The second-order valence-electron chi connectivity index (χ2n) is 4.39. The maximum Gasteiger partial charge on any atom is 0.358 e. The molecule has 0 saturated carbocycles. The Kier molecular flexibility index (Phi) is 3.53. The number of aromatic nitrogens is 4. The van der Waals surface area contributed by atoms with Crippen molar-refractivity contribution in [1.82, 2.24) is 20.0 Å². The first-order chi connectivity index (χ1) is 10.7. The molecule has 0 spiro atoms. The van der Waals surface area contributed by atoms with Crippen LogP contribution in [0.25, 0.3) is 17.1 Å². The average Bonchev–Trinajstić information content (AvgIpc) is 3.00. The van der Waals surface area contributed by atoms with Crippen LogP contribution in [-0.2, 0) is 0 Å². The Morgan fingerprint density at radius 1 is 1.18 bits per heavy atom. The Labute approximate surface area is 125 Å². The zero-order chi connectivity index (χ0) is 15.5. The van der Waals surface area contributed by atoms with E-state index >= 15 is 0 Å². The van der Waals surface area contributed by atoms with E-state index in [2.05, 4.69) is 15.3 Å². The Morgan fingerprint density at radius 2 is 1.95 bits per heavy atom. The lowest BCUT2D eigenvalue weighted by Gasteiger charge is -2.10. The molecule has 1 aromatic carbocycles. The number of carboxylic acids is 1. The molecule has 2 heterocycles. The predicted octanol–water partition coefficient (Wildman–Crippen LogP) is 2.04.